The molecule has 0 bridgehead atoms. The van der Waals surface area contributed by atoms with Crippen molar-refractivity contribution in [3.05, 3.63) is 34.0 Å². The highest BCUT2D eigenvalue weighted by atomic mass is 32.1. The summed E-state index contributed by atoms with van der Waals surface area (Å²) in [5.41, 5.74) is 2.49. The number of aromatic nitrogens is 4. The lowest BCUT2D eigenvalue weighted by Gasteiger charge is -1.98. The van der Waals surface area contributed by atoms with Crippen LogP contribution in [0.4, 0.5) is 5.13 Å². The van der Waals surface area contributed by atoms with Crippen molar-refractivity contribution in [1.29, 1.82) is 0 Å². The number of hydrogen-bond acceptors (Lipinski definition) is 6. The van der Waals surface area contributed by atoms with E-state index in [1.807, 2.05) is 13.2 Å². The minimum Gasteiger partial charge on any atom is -0.296 e. The van der Waals surface area contributed by atoms with Crippen molar-refractivity contribution >= 4 is 33.7 Å². The number of fused-ring (bicyclic) bond motifs is 1. The van der Waals surface area contributed by atoms with E-state index in [9.17, 15) is 4.79 Å². The maximum absolute atomic E-state index is 12.4. The van der Waals surface area contributed by atoms with Gasteiger partial charge in [0.05, 0.1) is 11.9 Å². The molecule has 8 heteroatoms. The number of nitrogens with zero attached hydrogens (tertiary/aromatic N) is 4. The number of anilines is 1. The highest BCUT2D eigenvalue weighted by Gasteiger charge is 2.18. The van der Waals surface area contributed by atoms with Gasteiger partial charge in [0.25, 0.3) is 5.91 Å². The second-order valence-electron chi connectivity index (χ2n) is 5.84. The van der Waals surface area contributed by atoms with Crippen LogP contribution in [0.2, 0.25) is 0 Å². The van der Waals surface area contributed by atoms with Gasteiger partial charge in [-0.25, -0.2) is 9.97 Å². The summed E-state index contributed by atoms with van der Waals surface area (Å²) in [6, 6.07) is 0. The average Bonchev–Trinajstić information content (AvgIpc) is 3.25. The summed E-state index contributed by atoms with van der Waals surface area (Å²) >= 11 is 3.04. The Kier molecular flexibility index (Phi) is 4.15. The summed E-state index contributed by atoms with van der Waals surface area (Å²) in [6.07, 6.45) is 9.39. The van der Waals surface area contributed by atoms with Crippen molar-refractivity contribution in [3.8, 4) is 10.6 Å². The molecule has 124 valence electrons. The molecule has 0 saturated carbocycles. The second kappa shape index (κ2) is 6.45. The van der Waals surface area contributed by atoms with Crippen molar-refractivity contribution in [3.63, 3.8) is 0 Å². The van der Waals surface area contributed by atoms with Crippen molar-refractivity contribution in [2.24, 2.45) is 7.05 Å². The molecule has 0 spiro atoms. The molecule has 0 fully saturated rings. The molecule has 0 unspecified atom stereocenters. The summed E-state index contributed by atoms with van der Waals surface area (Å²) in [5, 5.41) is 10.3. The first kappa shape index (κ1) is 15.5. The van der Waals surface area contributed by atoms with Gasteiger partial charge >= 0.3 is 0 Å². The molecule has 0 aromatic carbocycles. The topological polar surface area (TPSA) is 72.7 Å². The molecule has 4 rings (SSSR count). The van der Waals surface area contributed by atoms with Crippen molar-refractivity contribution in [2.75, 3.05) is 5.32 Å². The Balaban J connectivity index is 1.49. The zero-order chi connectivity index (χ0) is 16.5. The molecule has 1 aliphatic rings. The highest BCUT2D eigenvalue weighted by molar-refractivity contribution is 7.16. The van der Waals surface area contributed by atoms with Gasteiger partial charge in [-0.1, -0.05) is 6.42 Å². The Bertz CT molecular complexity index is 855. The normalized spacial score (nSPS) is 14.2. The van der Waals surface area contributed by atoms with Gasteiger partial charge in [-0.05, 0) is 25.7 Å². The Morgan fingerprint density at radius 1 is 1.25 bits per heavy atom. The lowest BCUT2D eigenvalue weighted by molar-refractivity contribution is 0.102. The van der Waals surface area contributed by atoms with E-state index in [-0.39, 0.29) is 5.91 Å². The lowest BCUT2D eigenvalue weighted by atomic mass is 10.2. The van der Waals surface area contributed by atoms with E-state index in [1.165, 1.54) is 35.5 Å². The number of thiazole rings is 2. The summed E-state index contributed by atoms with van der Waals surface area (Å²) in [7, 11) is 1.86. The molecular weight excluding hydrogens is 342 g/mol. The fraction of sp³-hybridized carbons (Fsp3) is 0.375. The fourth-order valence-corrected chi connectivity index (χ4v) is 4.61. The number of aryl methyl sites for hydroxylation is 3. The summed E-state index contributed by atoms with van der Waals surface area (Å²) in [6.45, 7) is 0. The molecule has 0 atom stereocenters. The first-order valence-electron chi connectivity index (χ1n) is 7.93. The zero-order valence-electron chi connectivity index (χ0n) is 13.3. The SMILES string of the molecule is Cn1cc(-c2nc(C(=O)Nc3nc4c(s3)CCCCC4)cs2)cn1. The van der Waals surface area contributed by atoms with Crippen LogP contribution in [0, 0.1) is 0 Å². The van der Waals surface area contributed by atoms with Crippen molar-refractivity contribution < 1.29 is 4.79 Å². The molecule has 0 saturated heterocycles. The second-order valence-corrected chi connectivity index (χ2v) is 7.79. The number of nitrogens with one attached hydrogen (secondary N) is 1. The molecule has 1 aliphatic carbocycles. The largest absolute Gasteiger partial charge is 0.296 e. The minimum absolute atomic E-state index is 0.203. The first-order chi connectivity index (χ1) is 11.7. The van der Waals surface area contributed by atoms with Crippen LogP contribution in [0.3, 0.4) is 0 Å². The Hall–Kier alpha value is -2.06. The van der Waals surface area contributed by atoms with Gasteiger partial charge in [0.15, 0.2) is 5.13 Å². The minimum atomic E-state index is -0.203. The van der Waals surface area contributed by atoms with E-state index in [1.54, 1.807) is 27.6 Å². The fourth-order valence-electron chi connectivity index (χ4n) is 2.79. The predicted octanol–water partition coefficient (Wildman–Crippen LogP) is 3.52. The van der Waals surface area contributed by atoms with E-state index in [2.05, 4.69) is 20.4 Å². The van der Waals surface area contributed by atoms with Gasteiger partial charge < -0.3 is 0 Å². The predicted molar refractivity (Wildman–Crippen MR) is 95.6 cm³/mol. The number of rotatable bonds is 3. The van der Waals surface area contributed by atoms with Gasteiger partial charge in [0.1, 0.15) is 10.7 Å². The molecule has 1 N–H and O–H groups in total. The summed E-state index contributed by atoms with van der Waals surface area (Å²) in [4.78, 5) is 22.8. The van der Waals surface area contributed by atoms with Gasteiger partial charge in [-0.15, -0.1) is 22.7 Å². The van der Waals surface area contributed by atoms with Crippen LogP contribution in [0.5, 0.6) is 0 Å². The third-order valence-corrected chi connectivity index (χ3v) is 5.97. The summed E-state index contributed by atoms with van der Waals surface area (Å²) in [5.74, 6) is -0.203. The maximum Gasteiger partial charge on any atom is 0.276 e. The summed E-state index contributed by atoms with van der Waals surface area (Å²) < 4.78 is 1.72. The maximum atomic E-state index is 12.4. The molecule has 3 aromatic rings. The quantitative estimate of drug-likeness (QED) is 0.726. The van der Waals surface area contributed by atoms with Crippen LogP contribution in [0.15, 0.2) is 17.8 Å². The van der Waals surface area contributed by atoms with Crippen LogP contribution >= 0.6 is 22.7 Å². The molecule has 0 aliphatic heterocycles. The molecule has 1 amide bonds. The number of carbonyl (C=O) groups excluding carboxylic acids is 1. The van der Waals surface area contributed by atoms with Crippen LogP contribution < -0.4 is 5.32 Å². The molecule has 3 aromatic heterocycles. The van der Waals surface area contributed by atoms with Gasteiger partial charge in [-0.3, -0.25) is 14.8 Å². The third kappa shape index (κ3) is 3.11. The first-order valence-corrected chi connectivity index (χ1v) is 9.63. The van der Waals surface area contributed by atoms with Crippen LogP contribution in [-0.2, 0) is 19.9 Å². The van der Waals surface area contributed by atoms with E-state index in [4.69, 9.17) is 0 Å². The number of hydrogen-bond donors (Lipinski definition) is 1. The Labute approximate surface area is 147 Å². The monoisotopic (exact) mass is 359 g/mol. The average molecular weight is 359 g/mol. The van der Waals surface area contributed by atoms with Crippen LogP contribution in [0.1, 0.15) is 40.3 Å². The molecule has 0 radical (unpaired) electrons. The van der Waals surface area contributed by atoms with Crippen LogP contribution in [-0.4, -0.2) is 25.7 Å². The zero-order valence-corrected chi connectivity index (χ0v) is 14.9. The smallest absolute Gasteiger partial charge is 0.276 e. The molecule has 3 heterocycles. The molecular formula is C16H17N5OS2. The third-order valence-electron chi connectivity index (χ3n) is 4.00. The number of carbonyl (C=O) groups is 1. The van der Waals surface area contributed by atoms with E-state index < -0.39 is 0 Å². The Morgan fingerprint density at radius 2 is 2.12 bits per heavy atom. The van der Waals surface area contributed by atoms with Gasteiger partial charge in [0, 0.05) is 29.1 Å². The van der Waals surface area contributed by atoms with Crippen molar-refractivity contribution in [2.45, 2.75) is 32.1 Å². The van der Waals surface area contributed by atoms with Gasteiger partial charge in [0.2, 0.25) is 0 Å². The van der Waals surface area contributed by atoms with E-state index in [0.717, 1.165) is 29.1 Å². The van der Waals surface area contributed by atoms with Gasteiger partial charge in [-0.2, -0.15) is 5.10 Å². The van der Waals surface area contributed by atoms with E-state index >= 15 is 0 Å². The molecule has 6 nitrogen and oxygen atoms in total. The Morgan fingerprint density at radius 3 is 2.96 bits per heavy atom. The highest BCUT2D eigenvalue weighted by Crippen LogP contribution is 2.29. The lowest BCUT2D eigenvalue weighted by Crippen LogP contribution is -2.12. The van der Waals surface area contributed by atoms with Crippen molar-refractivity contribution in [1.82, 2.24) is 19.7 Å². The standard InChI is InChI=1S/C16H17N5OS2/c1-21-8-10(7-17-21)15-18-12(9-23-15)14(22)20-16-19-11-5-3-2-4-6-13(11)24-16/h7-9H,2-6H2,1H3,(H,19,20,22). The molecule has 24 heavy (non-hydrogen) atoms. The van der Waals surface area contributed by atoms with Crippen LogP contribution in [0.25, 0.3) is 10.6 Å². The van der Waals surface area contributed by atoms with E-state index in [0.29, 0.717) is 10.8 Å². The number of amides is 1.